The fourth-order valence-corrected chi connectivity index (χ4v) is 2.77. The Bertz CT molecular complexity index is 1050. The van der Waals surface area contributed by atoms with E-state index in [0.717, 1.165) is 24.4 Å². The molecule has 2 aromatic carbocycles. The van der Waals surface area contributed by atoms with Crippen molar-refractivity contribution in [1.82, 2.24) is 4.98 Å². The van der Waals surface area contributed by atoms with Crippen LogP contribution in [0.1, 0.15) is 22.8 Å². The molecule has 0 fully saturated rings. The van der Waals surface area contributed by atoms with Crippen LogP contribution in [-0.2, 0) is 10.9 Å². The molecule has 28 heavy (non-hydrogen) atoms. The largest absolute Gasteiger partial charge is 0.462 e. The van der Waals surface area contributed by atoms with E-state index in [-0.39, 0.29) is 33.8 Å². The van der Waals surface area contributed by atoms with Crippen LogP contribution in [0, 0.1) is 5.82 Å². The number of alkyl halides is 3. The van der Waals surface area contributed by atoms with Crippen LogP contribution in [0.4, 0.5) is 28.9 Å². The second kappa shape index (κ2) is 7.63. The van der Waals surface area contributed by atoms with Gasteiger partial charge < -0.3 is 10.1 Å². The van der Waals surface area contributed by atoms with E-state index >= 15 is 0 Å². The quantitative estimate of drug-likeness (QED) is 0.424. The second-order valence-electron chi connectivity index (χ2n) is 5.75. The van der Waals surface area contributed by atoms with Gasteiger partial charge in [-0.3, -0.25) is 4.98 Å². The van der Waals surface area contributed by atoms with E-state index in [1.807, 2.05) is 0 Å². The topological polar surface area (TPSA) is 51.2 Å². The number of halogens is 5. The highest BCUT2D eigenvalue weighted by molar-refractivity contribution is 6.31. The molecule has 146 valence electrons. The summed E-state index contributed by atoms with van der Waals surface area (Å²) in [4.78, 5) is 16.2. The summed E-state index contributed by atoms with van der Waals surface area (Å²) in [5.41, 5.74) is -0.301. The Morgan fingerprint density at radius 3 is 2.61 bits per heavy atom. The van der Waals surface area contributed by atoms with Crippen LogP contribution < -0.4 is 5.32 Å². The van der Waals surface area contributed by atoms with E-state index in [1.54, 1.807) is 6.92 Å². The van der Waals surface area contributed by atoms with E-state index in [0.29, 0.717) is 5.69 Å². The van der Waals surface area contributed by atoms with Gasteiger partial charge in [-0.25, -0.2) is 9.18 Å². The van der Waals surface area contributed by atoms with Crippen molar-refractivity contribution >= 4 is 39.8 Å². The third-order valence-electron chi connectivity index (χ3n) is 3.88. The lowest BCUT2D eigenvalue weighted by Gasteiger charge is -2.15. The molecule has 4 nitrogen and oxygen atoms in total. The van der Waals surface area contributed by atoms with Crippen LogP contribution in [0.3, 0.4) is 0 Å². The predicted octanol–water partition coefficient (Wildman–Crippen LogP) is 5.97. The van der Waals surface area contributed by atoms with E-state index < -0.39 is 23.5 Å². The highest BCUT2D eigenvalue weighted by atomic mass is 35.5. The van der Waals surface area contributed by atoms with Crippen molar-refractivity contribution in [3.8, 4) is 0 Å². The van der Waals surface area contributed by atoms with E-state index in [1.165, 1.54) is 18.2 Å². The minimum absolute atomic E-state index is 0.0227. The first-order chi connectivity index (χ1) is 13.2. The second-order valence-corrected chi connectivity index (χ2v) is 6.16. The SMILES string of the molecule is CCOC(=O)c1cnc2cc(C(F)(F)F)ccc2c1Nc1ccc(F)c(Cl)c1. The monoisotopic (exact) mass is 412 g/mol. The molecule has 0 saturated carbocycles. The number of carbonyl (C=O) groups excluding carboxylic acids is 1. The zero-order chi connectivity index (χ0) is 20.5. The van der Waals surface area contributed by atoms with Gasteiger partial charge in [-0.05, 0) is 37.3 Å². The summed E-state index contributed by atoms with van der Waals surface area (Å²) in [7, 11) is 0. The molecular formula is C19H13ClF4N2O2. The normalized spacial score (nSPS) is 11.5. The lowest BCUT2D eigenvalue weighted by Crippen LogP contribution is -2.10. The number of fused-ring (bicyclic) bond motifs is 1. The molecule has 0 unspecified atom stereocenters. The first kappa shape index (κ1) is 19.9. The van der Waals surface area contributed by atoms with Gasteiger partial charge in [-0.1, -0.05) is 17.7 Å². The first-order valence-electron chi connectivity index (χ1n) is 8.10. The predicted molar refractivity (Wildman–Crippen MR) is 97.4 cm³/mol. The van der Waals surface area contributed by atoms with Gasteiger partial charge in [0.15, 0.2) is 0 Å². The Morgan fingerprint density at radius 1 is 1.21 bits per heavy atom. The summed E-state index contributed by atoms with van der Waals surface area (Å²) >= 11 is 5.78. The van der Waals surface area contributed by atoms with Crippen molar-refractivity contribution in [3.05, 3.63) is 64.6 Å². The van der Waals surface area contributed by atoms with Crippen molar-refractivity contribution in [2.24, 2.45) is 0 Å². The molecule has 0 aliphatic carbocycles. The van der Waals surface area contributed by atoms with Gasteiger partial charge >= 0.3 is 12.1 Å². The molecule has 0 saturated heterocycles. The molecular weight excluding hydrogens is 400 g/mol. The Hall–Kier alpha value is -2.87. The van der Waals surface area contributed by atoms with Crippen LogP contribution in [0.2, 0.25) is 5.02 Å². The van der Waals surface area contributed by atoms with Crippen molar-refractivity contribution < 1.29 is 27.1 Å². The number of rotatable bonds is 4. The van der Waals surface area contributed by atoms with E-state index in [2.05, 4.69) is 10.3 Å². The summed E-state index contributed by atoms with van der Waals surface area (Å²) in [6.45, 7) is 1.72. The van der Waals surface area contributed by atoms with Crippen molar-refractivity contribution in [1.29, 1.82) is 0 Å². The van der Waals surface area contributed by atoms with Gasteiger partial charge in [0.05, 0.1) is 28.4 Å². The number of hydrogen-bond acceptors (Lipinski definition) is 4. The standard InChI is InChI=1S/C19H13ClF4N2O2/c1-2-28-18(27)13-9-25-16-7-10(19(22,23)24)3-5-12(16)17(13)26-11-4-6-15(21)14(20)8-11/h3-9H,2H2,1H3,(H,25,26). The zero-order valence-electron chi connectivity index (χ0n) is 14.4. The van der Waals surface area contributed by atoms with Gasteiger partial charge in [0, 0.05) is 17.3 Å². The van der Waals surface area contributed by atoms with Crippen LogP contribution >= 0.6 is 11.6 Å². The highest BCUT2D eigenvalue weighted by Gasteiger charge is 2.31. The third-order valence-corrected chi connectivity index (χ3v) is 4.17. The number of carbonyl (C=O) groups is 1. The maximum atomic E-state index is 13.4. The number of benzene rings is 2. The molecule has 3 rings (SSSR count). The first-order valence-corrected chi connectivity index (χ1v) is 8.47. The molecule has 0 aliphatic heterocycles. The van der Waals surface area contributed by atoms with Gasteiger partial charge in [-0.2, -0.15) is 13.2 Å². The number of anilines is 2. The molecule has 0 aliphatic rings. The minimum Gasteiger partial charge on any atom is -0.462 e. The Kier molecular flexibility index (Phi) is 5.42. The highest BCUT2D eigenvalue weighted by Crippen LogP contribution is 2.35. The van der Waals surface area contributed by atoms with E-state index in [9.17, 15) is 22.4 Å². The minimum atomic E-state index is -4.53. The van der Waals surface area contributed by atoms with Crippen molar-refractivity contribution in [2.45, 2.75) is 13.1 Å². The molecule has 0 atom stereocenters. The number of nitrogens with one attached hydrogen (secondary N) is 1. The number of nitrogens with zero attached hydrogens (tertiary/aromatic N) is 1. The molecule has 1 aromatic heterocycles. The van der Waals surface area contributed by atoms with E-state index in [4.69, 9.17) is 16.3 Å². The van der Waals surface area contributed by atoms with Gasteiger partial charge in [0.1, 0.15) is 11.4 Å². The summed E-state index contributed by atoms with van der Waals surface area (Å²) in [6.07, 6.45) is -3.40. The summed E-state index contributed by atoms with van der Waals surface area (Å²) in [5.74, 6) is -1.33. The number of aromatic nitrogens is 1. The number of ether oxygens (including phenoxy) is 1. The van der Waals surface area contributed by atoms with Gasteiger partial charge in [-0.15, -0.1) is 0 Å². The number of hydrogen-bond donors (Lipinski definition) is 1. The molecule has 0 radical (unpaired) electrons. The van der Waals surface area contributed by atoms with Crippen LogP contribution in [0.15, 0.2) is 42.6 Å². The van der Waals surface area contributed by atoms with Gasteiger partial charge in [0.25, 0.3) is 0 Å². The smallest absolute Gasteiger partial charge is 0.416 e. The zero-order valence-corrected chi connectivity index (χ0v) is 15.2. The summed E-state index contributed by atoms with van der Waals surface area (Å²) in [5, 5.41) is 3.02. The Labute approximate surface area is 162 Å². The molecule has 0 amide bonds. The van der Waals surface area contributed by atoms with Crippen LogP contribution in [-0.4, -0.2) is 17.6 Å². The van der Waals surface area contributed by atoms with Gasteiger partial charge in [0.2, 0.25) is 0 Å². The maximum absolute atomic E-state index is 13.4. The molecule has 0 bridgehead atoms. The van der Waals surface area contributed by atoms with Crippen LogP contribution in [0.25, 0.3) is 10.9 Å². The number of esters is 1. The fourth-order valence-electron chi connectivity index (χ4n) is 2.59. The Morgan fingerprint density at radius 2 is 1.96 bits per heavy atom. The average Bonchev–Trinajstić information content (AvgIpc) is 2.64. The molecule has 9 heteroatoms. The van der Waals surface area contributed by atoms with Crippen molar-refractivity contribution in [2.75, 3.05) is 11.9 Å². The van der Waals surface area contributed by atoms with Crippen molar-refractivity contribution in [3.63, 3.8) is 0 Å². The lowest BCUT2D eigenvalue weighted by atomic mass is 10.1. The molecule has 3 aromatic rings. The Balaban J connectivity index is 2.17. The number of pyridine rings is 1. The molecule has 1 N–H and O–H groups in total. The third kappa shape index (κ3) is 4.01. The van der Waals surface area contributed by atoms with Crippen LogP contribution in [0.5, 0.6) is 0 Å². The summed E-state index contributed by atoms with van der Waals surface area (Å²) < 4.78 is 57.4. The maximum Gasteiger partial charge on any atom is 0.416 e. The lowest BCUT2D eigenvalue weighted by molar-refractivity contribution is -0.137. The molecule has 0 spiro atoms. The fraction of sp³-hybridized carbons (Fsp3) is 0.158. The summed E-state index contributed by atoms with van der Waals surface area (Å²) in [6, 6.07) is 6.78. The average molecular weight is 413 g/mol. The molecule has 1 heterocycles.